The van der Waals surface area contributed by atoms with Crippen molar-refractivity contribution in [3.05, 3.63) is 39.9 Å². The molecule has 0 saturated heterocycles. The number of benzene rings is 1. The zero-order chi connectivity index (χ0) is 13.5. The molecule has 7 heteroatoms. The van der Waals surface area contributed by atoms with Gasteiger partial charge in [0.15, 0.2) is 0 Å². The molecule has 0 saturated carbocycles. The van der Waals surface area contributed by atoms with Crippen molar-refractivity contribution >= 4 is 11.8 Å². The smallest absolute Gasteiger partial charge is 0.406 e. The molecule has 0 aromatic heterocycles. The fourth-order valence-corrected chi connectivity index (χ4v) is 1.37. The second-order valence-corrected chi connectivity index (χ2v) is 3.74. The SMILES string of the molecule is CNC(=O)OC[C@H](N)Cc1ccc([N+](=O)[O-])cc1. The molecule has 98 valence electrons. The van der Waals surface area contributed by atoms with E-state index in [1.54, 1.807) is 12.1 Å². The summed E-state index contributed by atoms with van der Waals surface area (Å²) in [6, 6.07) is 5.77. The largest absolute Gasteiger partial charge is 0.448 e. The number of amides is 1. The minimum atomic E-state index is -0.533. The van der Waals surface area contributed by atoms with Crippen LogP contribution < -0.4 is 11.1 Å². The number of nitro benzene ring substituents is 1. The molecule has 1 aromatic rings. The van der Waals surface area contributed by atoms with Gasteiger partial charge in [-0.1, -0.05) is 12.1 Å². The van der Waals surface area contributed by atoms with Crippen molar-refractivity contribution in [2.75, 3.05) is 13.7 Å². The predicted octanol–water partition coefficient (Wildman–Crippen LogP) is 0.821. The Balaban J connectivity index is 2.46. The highest BCUT2D eigenvalue weighted by molar-refractivity contribution is 5.66. The van der Waals surface area contributed by atoms with Crippen LogP contribution in [0.5, 0.6) is 0 Å². The van der Waals surface area contributed by atoms with Gasteiger partial charge in [-0.25, -0.2) is 4.79 Å². The zero-order valence-corrected chi connectivity index (χ0v) is 9.96. The molecule has 1 rings (SSSR count). The predicted molar refractivity (Wildman–Crippen MR) is 65.2 cm³/mol. The van der Waals surface area contributed by atoms with Crippen molar-refractivity contribution in [1.82, 2.24) is 5.32 Å². The molecule has 0 bridgehead atoms. The summed E-state index contributed by atoms with van der Waals surface area (Å²) in [4.78, 5) is 20.8. The normalized spacial score (nSPS) is 11.7. The third-order valence-electron chi connectivity index (χ3n) is 2.28. The summed E-state index contributed by atoms with van der Waals surface area (Å²) in [6.45, 7) is 0.0939. The van der Waals surface area contributed by atoms with E-state index in [1.807, 2.05) is 0 Å². The third kappa shape index (κ3) is 4.38. The molecule has 1 amide bonds. The van der Waals surface area contributed by atoms with E-state index >= 15 is 0 Å². The topological polar surface area (TPSA) is 107 Å². The number of carbonyl (C=O) groups excluding carboxylic acids is 1. The number of nitrogens with zero attached hydrogens (tertiary/aromatic N) is 1. The molecule has 7 nitrogen and oxygen atoms in total. The van der Waals surface area contributed by atoms with Crippen molar-refractivity contribution in [3.8, 4) is 0 Å². The van der Waals surface area contributed by atoms with Gasteiger partial charge in [0, 0.05) is 25.2 Å². The van der Waals surface area contributed by atoms with Crippen LogP contribution in [0, 0.1) is 10.1 Å². The van der Waals surface area contributed by atoms with Crippen LogP contribution in [0.25, 0.3) is 0 Å². The van der Waals surface area contributed by atoms with Gasteiger partial charge in [-0.2, -0.15) is 0 Å². The average Bonchev–Trinajstić information content (AvgIpc) is 2.36. The zero-order valence-electron chi connectivity index (χ0n) is 9.96. The monoisotopic (exact) mass is 253 g/mol. The van der Waals surface area contributed by atoms with Gasteiger partial charge in [-0.15, -0.1) is 0 Å². The number of ether oxygens (including phenoxy) is 1. The quantitative estimate of drug-likeness (QED) is 0.596. The van der Waals surface area contributed by atoms with Crippen LogP contribution in [0.2, 0.25) is 0 Å². The summed E-state index contributed by atoms with van der Waals surface area (Å²) >= 11 is 0. The number of non-ortho nitro benzene ring substituents is 1. The van der Waals surface area contributed by atoms with Gasteiger partial charge in [0.05, 0.1) is 4.92 Å². The van der Waals surface area contributed by atoms with E-state index < -0.39 is 11.0 Å². The fraction of sp³-hybridized carbons (Fsp3) is 0.364. The second kappa shape index (κ2) is 6.55. The summed E-state index contributed by atoms with van der Waals surface area (Å²) < 4.78 is 4.80. The van der Waals surface area contributed by atoms with Crippen LogP contribution in [0.15, 0.2) is 24.3 Å². The summed E-state index contributed by atoms with van der Waals surface area (Å²) in [5.41, 5.74) is 6.66. The Morgan fingerprint density at radius 3 is 2.61 bits per heavy atom. The van der Waals surface area contributed by atoms with Crippen molar-refractivity contribution < 1.29 is 14.5 Å². The Bertz CT molecular complexity index is 419. The Hall–Kier alpha value is -2.15. The first-order valence-electron chi connectivity index (χ1n) is 5.36. The third-order valence-corrected chi connectivity index (χ3v) is 2.28. The number of nitrogens with one attached hydrogen (secondary N) is 1. The van der Waals surface area contributed by atoms with Crippen LogP contribution in [-0.4, -0.2) is 30.7 Å². The number of nitro groups is 1. The van der Waals surface area contributed by atoms with Gasteiger partial charge >= 0.3 is 6.09 Å². The van der Waals surface area contributed by atoms with Crippen LogP contribution in [0.4, 0.5) is 10.5 Å². The number of rotatable bonds is 5. The van der Waals surface area contributed by atoms with Gasteiger partial charge in [-0.05, 0) is 12.0 Å². The first-order chi connectivity index (χ1) is 8.52. The van der Waals surface area contributed by atoms with E-state index in [-0.39, 0.29) is 18.3 Å². The summed E-state index contributed by atoms with van der Waals surface area (Å²) in [6.07, 6.45) is -0.0521. The Labute approximate surface area is 104 Å². The lowest BCUT2D eigenvalue weighted by Crippen LogP contribution is -2.32. The first kappa shape index (κ1) is 13.9. The van der Waals surface area contributed by atoms with E-state index in [2.05, 4.69) is 5.32 Å². The van der Waals surface area contributed by atoms with Crippen molar-refractivity contribution in [3.63, 3.8) is 0 Å². The van der Waals surface area contributed by atoms with E-state index in [4.69, 9.17) is 10.5 Å². The maximum atomic E-state index is 10.8. The van der Waals surface area contributed by atoms with E-state index in [9.17, 15) is 14.9 Å². The van der Waals surface area contributed by atoms with Gasteiger partial charge in [0.25, 0.3) is 5.69 Å². The maximum Gasteiger partial charge on any atom is 0.406 e. The van der Waals surface area contributed by atoms with Crippen LogP contribution in [-0.2, 0) is 11.2 Å². The molecule has 0 fully saturated rings. The highest BCUT2D eigenvalue weighted by atomic mass is 16.6. The molecule has 0 aliphatic heterocycles. The molecule has 18 heavy (non-hydrogen) atoms. The summed E-state index contributed by atoms with van der Waals surface area (Å²) in [7, 11) is 1.46. The molecular weight excluding hydrogens is 238 g/mol. The molecule has 0 unspecified atom stereocenters. The highest BCUT2D eigenvalue weighted by Crippen LogP contribution is 2.12. The van der Waals surface area contributed by atoms with Gasteiger partial charge in [-0.3, -0.25) is 10.1 Å². The molecule has 1 atom stereocenters. The van der Waals surface area contributed by atoms with Gasteiger partial charge < -0.3 is 15.8 Å². The molecular formula is C11H15N3O4. The van der Waals surface area contributed by atoms with E-state index in [0.29, 0.717) is 6.42 Å². The molecule has 1 aromatic carbocycles. The molecule has 0 aliphatic rings. The molecule has 0 spiro atoms. The molecule has 0 aliphatic carbocycles. The molecule has 0 radical (unpaired) electrons. The number of alkyl carbamates (subject to hydrolysis) is 1. The second-order valence-electron chi connectivity index (χ2n) is 3.74. The van der Waals surface area contributed by atoms with Crippen LogP contribution in [0.3, 0.4) is 0 Å². The van der Waals surface area contributed by atoms with Gasteiger partial charge in [0.1, 0.15) is 6.61 Å². The maximum absolute atomic E-state index is 10.8. The first-order valence-corrected chi connectivity index (χ1v) is 5.36. The van der Waals surface area contributed by atoms with E-state index in [1.165, 1.54) is 19.2 Å². The lowest BCUT2D eigenvalue weighted by Gasteiger charge is -2.11. The van der Waals surface area contributed by atoms with Crippen LogP contribution >= 0.6 is 0 Å². The minimum absolute atomic E-state index is 0.0360. The Kier molecular flexibility index (Phi) is 5.06. The molecule has 3 N–H and O–H groups in total. The molecule has 0 heterocycles. The summed E-state index contributed by atoms with van der Waals surface area (Å²) in [5.74, 6) is 0. The Morgan fingerprint density at radius 2 is 2.11 bits per heavy atom. The number of carbonyl (C=O) groups is 1. The fourth-order valence-electron chi connectivity index (χ4n) is 1.37. The van der Waals surface area contributed by atoms with Crippen molar-refractivity contribution in [2.45, 2.75) is 12.5 Å². The lowest BCUT2D eigenvalue weighted by atomic mass is 10.1. The van der Waals surface area contributed by atoms with Crippen LogP contribution in [0.1, 0.15) is 5.56 Å². The highest BCUT2D eigenvalue weighted by Gasteiger charge is 2.09. The van der Waals surface area contributed by atoms with Gasteiger partial charge in [0.2, 0.25) is 0 Å². The standard InChI is InChI=1S/C11H15N3O4/c1-13-11(15)18-7-9(12)6-8-2-4-10(5-3-8)14(16)17/h2-5,9H,6-7,12H2,1H3,(H,13,15)/t9-/m1/s1. The van der Waals surface area contributed by atoms with E-state index in [0.717, 1.165) is 5.56 Å². The number of hydrogen-bond acceptors (Lipinski definition) is 5. The number of hydrogen-bond donors (Lipinski definition) is 2. The number of nitrogens with two attached hydrogens (primary N) is 1. The lowest BCUT2D eigenvalue weighted by molar-refractivity contribution is -0.384. The minimum Gasteiger partial charge on any atom is -0.448 e. The van der Waals surface area contributed by atoms with Crippen molar-refractivity contribution in [1.29, 1.82) is 0 Å². The summed E-state index contributed by atoms with van der Waals surface area (Å²) in [5, 5.41) is 12.8. The van der Waals surface area contributed by atoms with Crippen molar-refractivity contribution in [2.24, 2.45) is 5.73 Å². The average molecular weight is 253 g/mol. The Morgan fingerprint density at radius 1 is 1.50 bits per heavy atom.